The van der Waals surface area contributed by atoms with Gasteiger partial charge >= 0.3 is 0 Å². The maximum atomic E-state index is 12.7. The van der Waals surface area contributed by atoms with E-state index < -0.39 is 0 Å². The van der Waals surface area contributed by atoms with Gasteiger partial charge in [0.05, 0.1) is 5.75 Å². The average Bonchev–Trinajstić information content (AvgIpc) is 3.52. The number of nitrogens with one attached hydrogen (secondary N) is 1. The fourth-order valence-electron chi connectivity index (χ4n) is 3.73. The van der Waals surface area contributed by atoms with E-state index in [2.05, 4.69) is 32.6 Å². The van der Waals surface area contributed by atoms with E-state index in [0.717, 1.165) is 27.5 Å². The SMILES string of the molecule is O=C(CSc1nnc(Cc2ccccc2)n1-c1ccccc1)Nc1ncc(Cc2c(Cl)cccc2Cl)s1. The van der Waals surface area contributed by atoms with Crippen LogP contribution in [0.5, 0.6) is 0 Å². The predicted octanol–water partition coefficient (Wildman–Crippen LogP) is 6.94. The molecule has 0 spiro atoms. The summed E-state index contributed by atoms with van der Waals surface area (Å²) in [7, 11) is 0. The number of anilines is 1. The molecule has 37 heavy (non-hydrogen) atoms. The number of carbonyl (C=O) groups excluding carboxylic acids is 1. The Morgan fingerprint density at radius 2 is 1.59 bits per heavy atom. The van der Waals surface area contributed by atoms with Crippen molar-refractivity contribution in [1.82, 2.24) is 19.7 Å². The third-order valence-electron chi connectivity index (χ3n) is 5.46. The highest BCUT2D eigenvalue weighted by Gasteiger charge is 2.17. The second-order valence-corrected chi connectivity index (χ2v) is 10.9. The van der Waals surface area contributed by atoms with Crippen LogP contribution in [-0.2, 0) is 17.6 Å². The zero-order valence-corrected chi connectivity index (χ0v) is 22.6. The molecule has 0 atom stereocenters. The third-order valence-corrected chi connectivity index (χ3v) is 8.01. The summed E-state index contributed by atoms with van der Waals surface area (Å²) in [6.45, 7) is 0. The van der Waals surface area contributed by atoms with Crippen molar-refractivity contribution in [2.45, 2.75) is 18.0 Å². The predicted molar refractivity (Wildman–Crippen MR) is 151 cm³/mol. The van der Waals surface area contributed by atoms with Gasteiger partial charge in [-0.25, -0.2) is 4.98 Å². The van der Waals surface area contributed by atoms with Crippen molar-refractivity contribution in [2.75, 3.05) is 11.1 Å². The maximum Gasteiger partial charge on any atom is 0.236 e. The van der Waals surface area contributed by atoms with Gasteiger partial charge in [-0.15, -0.1) is 21.5 Å². The fraction of sp³-hybridized carbons (Fsp3) is 0.111. The molecule has 1 N–H and O–H groups in total. The van der Waals surface area contributed by atoms with Gasteiger partial charge in [0, 0.05) is 39.6 Å². The minimum absolute atomic E-state index is 0.168. The van der Waals surface area contributed by atoms with Gasteiger partial charge in [0.1, 0.15) is 5.82 Å². The number of halogens is 2. The van der Waals surface area contributed by atoms with E-state index in [1.807, 2.05) is 71.3 Å². The lowest BCUT2D eigenvalue weighted by molar-refractivity contribution is -0.113. The van der Waals surface area contributed by atoms with Crippen molar-refractivity contribution in [1.29, 1.82) is 0 Å². The van der Waals surface area contributed by atoms with E-state index in [-0.39, 0.29) is 11.7 Å². The second-order valence-electron chi connectivity index (χ2n) is 8.08. The number of hydrogen-bond donors (Lipinski definition) is 1. The third kappa shape index (κ3) is 6.40. The van der Waals surface area contributed by atoms with Gasteiger partial charge in [-0.05, 0) is 35.4 Å². The Kier molecular flexibility index (Phi) is 8.21. The van der Waals surface area contributed by atoms with Crippen molar-refractivity contribution >= 4 is 57.3 Å². The Hall–Kier alpha value is -3.17. The van der Waals surface area contributed by atoms with Crippen molar-refractivity contribution < 1.29 is 4.79 Å². The first-order valence-corrected chi connectivity index (χ1v) is 14.0. The van der Waals surface area contributed by atoms with E-state index in [0.29, 0.717) is 33.2 Å². The highest BCUT2D eigenvalue weighted by atomic mass is 35.5. The van der Waals surface area contributed by atoms with Crippen molar-refractivity contribution in [2.24, 2.45) is 0 Å². The molecule has 2 heterocycles. The highest BCUT2D eigenvalue weighted by molar-refractivity contribution is 7.99. The molecule has 0 aliphatic carbocycles. The molecule has 0 fully saturated rings. The molecule has 1 amide bonds. The summed E-state index contributed by atoms with van der Waals surface area (Å²) in [5.41, 5.74) is 2.93. The molecular weight excluding hydrogens is 545 g/mol. The molecule has 5 aromatic rings. The van der Waals surface area contributed by atoms with Gasteiger partial charge in [0.25, 0.3) is 0 Å². The molecule has 0 radical (unpaired) electrons. The minimum Gasteiger partial charge on any atom is -0.301 e. The van der Waals surface area contributed by atoms with E-state index in [1.54, 1.807) is 6.20 Å². The van der Waals surface area contributed by atoms with E-state index in [1.165, 1.54) is 23.1 Å². The van der Waals surface area contributed by atoms with E-state index in [4.69, 9.17) is 23.2 Å². The van der Waals surface area contributed by atoms with Gasteiger partial charge in [0.15, 0.2) is 10.3 Å². The highest BCUT2D eigenvalue weighted by Crippen LogP contribution is 2.30. The summed E-state index contributed by atoms with van der Waals surface area (Å²) < 4.78 is 2.00. The molecule has 0 saturated heterocycles. The van der Waals surface area contributed by atoms with Crippen LogP contribution in [0.15, 0.2) is 90.2 Å². The molecule has 186 valence electrons. The van der Waals surface area contributed by atoms with Crippen molar-refractivity contribution in [3.05, 3.63) is 117 Å². The lowest BCUT2D eigenvalue weighted by Crippen LogP contribution is -2.14. The van der Waals surface area contributed by atoms with Crippen LogP contribution in [0.2, 0.25) is 10.0 Å². The first-order chi connectivity index (χ1) is 18.1. The van der Waals surface area contributed by atoms with Crippen molar-refractivity contribution in [3.63, 3.8) is 0 Å². The number of benzene rings is 3. The Labute approximate surface area is 232 Å². The van der Waals surface area contributed by atoms with Gasteiger partial charge in [0.2, 0.25) is 5.91 Å². The first-order valence-electron chi connectivity index (χ1n) is 11.4. The van der Waals surface area contributed by atoms with Crippen LogP contribution < -0.4 is 5.32 Å². The van der Waals surface area contributed by atoms with Crippen LogP contribution in [0.25, 0.3) is 5.69 Å². The molecule has 2 aromatic heterocycles. The molecule has 5 rings (SSSR count). The summed E-state index contributed by atoms with van der Waals surface area (Å²) in [5, 5.41) is 14.1. The second kappa shape index (κ2) is 11.9. The number of para-hydroxylation sites is 1. The summed E-state index contributed by atoms with van der Waals surface area (Å²) >= 11 is 15.3. The summed E-state index contributed by atoms with van der Waals surface area (Å²) in [4.78, 5) is 18.0. The molecule has 10 heteroatoms. The van der Waals surface area contributed by atoms with E-state index in [9.17, 15) is 4.79 Å². The summed E-state index contributed by atoms with van der Waals surface area (Å²) in [5.74, 6) is 0.804. The Bertz CT molecular complexity index is 1490. The number of thioether (sulfide) groups is 1. The lowest BCUT2D eigenvalue weighted by Gasteiger charge is -2.10. The fourth-order valence-corrected chi connectivity index (χ4v) is 5.87. The van der Waals surface area contributed by atoms with Crippen molar-refractivity contribution in [3.8, 4) is 5.69 Å². The first kappa shape index (κ1) is 25.5. The normalized spacial score (nSPS) is 11.0. The minimum atomic E-state index is -0.172. The number of thiazole rings is 1. The van der Waals surface area contributed by atoms with Gasteiger partial charge in [-0.1, -0.05) is 89.6 Å². The molecule has 3 aromatic carbocycles. The van der Waals surface area contributed by atoms with Gasteiger partial charge in [-0.3, -0.25) is 9.36 Å². The number of aromatic nitrogens is 4. The topological polar surface area (TPSA) is 72.7 Å². The lowest BCUT2D eigenvalue weighted by atomic mass is 10.1. The molecule has 0 unspecified atom stereocenters. The van der Waals surface area contributed by atoms with Crippen LogP contribution in [0.3, 0.4) is 0 Å². The number of nitrogens with zero attached hydrogens (tertiary/aromatic N) is 4. The number of carbonyl (C=O) groups is 1. The zero-order valence-electron chi connectivity index (χ0n) is 19.5. The number of amides is 1. The van der Waals surface area contributed by atoms with Crippen LogP contribution in [0.1, 0.15) is 21.8 Å². The summed E-state index contributed by atoms with van der Waals surface area (Å²) in [6, 6.07) is 25.5. The number of rotatable bonds is 9. The molecule has 0 aliphatic heterocycles. The zero-order chi connectivity index (χ0) is 25.6. The van der Waals surface area contributed by atoms with Crippen LogP contribution in [0.4, 0.5) is 5.13 Å². The molecule has 0 bridgehead atoms. The Morgan fingerprint density at radius 3 is 2.32 bits per heavy atom. The smallest absolute Gasteiger partial charge is 0.236 e. The molecule has 0 aliphatic rings. The standard InChI is InChI=1S/C27H21Cl2N5OS2/c28-22-12-7-13-23(29)21(22)15-20-16-30-26(37-20)31-25(35)17-36-27-33-32-24(14-18-8-3-1-4-9-18)34(27)19-10-5-2-6-11-19/h1-13,16H,14-15,17H2,(H,30,31,35). The van der Waals surface area contributed by atoms with Crippen LogP contribution in [-0.4, -0.2) is 31.4 Å². The number of hydrogen-bond acceptors (Lipinski definition) is 6. The summed E-state index contributed by atoms with van der Waals surface area (Å²) in [6.07, 6.45) is 2.91. The molecule has 6 nitrogen and oxygen atoms in total. The monoisotopic (exact) mass is 565 g/mol. The Morgan fingerprint density at radius 1 is 0.892 bits per heavy atom. The Balaban J connectivity index is 1.26. The van der Waals surface area contributed by atoms with Gasteiger partial charge in [-0.2, -0.15) is 0 Å². The average molecular weight is 567 g/mol. The maximum absolute atomic E-state index is 12.7. The van der Waals surface area contributed by atoms with Crippen LogP contribution >= 0.6 is 46.3 Å². The largest absolute Gasteiger partial charge is 0.301 e. The van der Waals surface area contributed by atoms with E-state index >= 15 is 0 Å². The van der Waals surface area contributed by atoms with Gasteiger partial charge < -0.3 is 5.32 Å². The quantitative estimate of drug-likeness (QED) is 0.196. The molecular formula is C27H21Cl2N5OS2. The molecule has 0 saturated carbocycles. The van der Waals surface area contributed by atoms with Crippen LogP contribution in [0, 0.1) is 0 Å².